The molecule has 0 bridgehead atoms. The summed E-state index contributed by atoms with van der Waals surface area (Å²) in [6, 6.07) is 14.4. The Kier molecular flexibility index (Phi) is 4.14. The number of fused-ring (bicyclic) bond motifs is 1. The van der Waals surface area contributed by atoms with Crippen LogP contribution in [0.2, 0.25) is 0 Å². The predicted molar refractivity (Wildman–Crippen MR) is 102 cm³/mol. The summed E-state index contributed by atoms with van der Waals surface area (Å²) in [5.41, 5.74) is 4.98. The number of aromatic nitrogens is 2. The topological polar surface area (TPSA) is 61.0 Å². The van der Waals surface area contributed by atoms with Gasteiger partial charge in [-0.3, -0.25) is 9.89 Å². The Morgan fingerprint density at radius 1 is 1.16 bits per heavy atom. The summed E-state index contributed by atoms with van der Waals surface area (Å²) in [6.07, 6.45) is 3.21. The zero-order chi connectivity index (χ0) is 17.2. The van der Waals surface area contributed by atoms with Crippen molar-refractivity contribution in [2.45, 2.75) is 19.8 Å². The van der Waals surface area contributed by atoms with Crippen molar-refractivity contribution >= 4 is 28.7 Å². The fourth-order valence-corrected chi connectivity index (χ4v) is 3.49. The fraction of sp³-hybridized carbons (Fsp3) is 0.300. The molecule has 0 aliphatic carbocycles. The minimum atomic E-state index is 0.690. The van der Waals surface area contributed by atoms with E-state index in [2.05, 4.69) is 51.6 Å². The van der Waals surface area contributed by atoms with Gasteiger partial charge in [-0.25, -0.2) is 0 Å². The maximum atomic E-state index is 10.7. The van der Waals surface area contributed by atoms with Crippen molar-refractivity contribution < 1.29 is 4.79 Å². The first kappa shape index (κ1) is 15.7. The molecule has 0 spiro atoms. The molecule has 0 radical (unpaired) electrons. The normalized spacial score (nSPS) is 15.5. The molecule has 2 aromatic carbocycles. The smallest absolute Gasteiger partial charge is 0.211 e. The lowest BCUT2D eigenvalue weighted by molar-refractivity contribution is -0.105. The Morgan fingerprint density at radius 3 is 2.64 bits per heavy atom. The van der Waals surface area contributed by atoms with E-state index < -0.39 is 0 Å². The van der Waals surface area contributed by atoms with E-state index in [0.717, 1.165) is 46.9 Å². The first-order valence-electron chi connectivity index (χ1n) is 8.78. The number of nitrogens with zero attached hydrogens (tertiary/aromatic N) is 2. The molecule has 1 aliphatic heterocycles. The van der Waals surface area contributed by atoms with Crippen LogP contribution < -0.4 is 10.2 Å². The van der Waals surface area contributed by atoms with Crippen LogP contribution in [0.25, 0.3) is 22.2 Å². The van der Waals surface area contributed by atoms with Crippen LogP contribution >= 0.6 is 0 Å². The second-order valence-electron chi connectivity index (χ2n) is 6.81. The van der Waals surface area contributed by atoms with Gasteiger partial charge in [0.25, 0.3) is 0 Å². The van der Waals surface area contributed by atoms with Gasteiger partial charge in [0.05, 0.1) is 11.2 Å². The van der Waals surface area contributed by atoms with Gasteiger partial charge < -0.3 is 10.2 Å². The van der Waals surface area contributed by atoms with Gasteiger partial charge in [-0.2, -0.15) is 5.10 Å². The van der Waals surface area contributed by atoms with Gasteiger partial charge in [0, 0.05) is 35.4 Å². The lowest BCUT2D eigenvalue weighted by Gasteiger charge is -2.32. The third-order valence-corrected chi connectivity index (χ3v) is 5.08. The quantitative estimate of drug-likeness (QED) is 0.708. The first-order valence-corrected chi connectivity index (χ1v) is 8.78. The molecular formula is C20H22N4O. The third-order valence-electron chi connectivity index (χ3n) is 5.08. The summed E-state index contributed by atoms with van der Waals surface area (Å²) >= 11 is 0. The molecule has 0 saturated carbocycles. The van der Waals surface area contributed by atoms with Crippen molar-refractivity contribution in [3.63, 3.8) is 0 Å². The second-order valence-corrected chi connectivity index (χ2v) is 6.81. The van der Waals surface area contributed by atoms with Crippen LogP contribution in [-0.2, 0) is 4.79 Å². The van der Waals surface area contributed by atoms with E-state index >= 15 is 0 Å². The van der Waals surface area contributed by atoms with Gasteiger partial charge in [-0.15, -0.1) is 0 Å². The molecule has 3 aromatic rings. The van der Waals surface area contributed by atoms with Gasteiger partial charge in [0.15, 0.2) is 0 Å². The van der Waals surface area contributed by atoms with E-state index in [4.69, 9.17) is 0 Å². The summed E-state index contributed by atoms with van der Waals surface area (Å²) < 4.78 is 0. The van der Waals surface area contributed by atoms with E-state index in [1.807, 2.05) is 18.2 Å². The highest BCUT2D eigenvalue weighted by molar-refractivity contribution is 5.96. The fourth-order valence-electron chi connectivity index (χ4n) is 3.49. The molecule has 0 unspecified atom stereocenters. The average Bonchev–Trinajstić information content (AvgIpc) is 3.06. The van der Waals surface area contributed by atoms with E-state index in [0.29, 0.717) is 6.41 Å². The first-order chi connectivity index (χ1) is 12.2. The Balaban J connectivity index is 1.62. The molecule has 5 nitrogen and oxygen atoms in total. The number of piperidine rings is 1. The number of anilines is 2. The van der Waals surface area contributed by atoms with Gasteiger partial charge in [-0.05, 0) is 49.1 Å². The number of aromatic amines is 1. The minimum Gasteiger partial charge on any atom is -0.372 e. The van der Waals surface area contributed by atoms with E-state index in [1.165, 1.54) is 18.5 Å². The van der Waals surface area contributed by atoms with E-state index in [9.17, 15) is 4.79 Å². The number of hydrogen-bond donors (Lipinski definition) is 2. The number of H-pyrrole nitrogens is 1. The van der Waals surface area contributed by atoms with Crippen molar-refractivity contribution in [3.8, 4) is 11.3 Å². The molecule has 128 valence electrons. The molecule has 1 aromatic heterocycles. The summed E-state index contributed by atoms with van der Waals surface area (Å²) in [7, 11) is 0. The van der Waals surface area contributed by atoms with Crippen LogP contribution in [0.1, 0.15) is 19.8 Å². The lowest BCUT2D eigenvalue weighted by Crippen LogP contribution is -2.32. The molecule has 0 atom stereocenters. The lowest BCUT2D eigenvalue weighted by atomic mass is 9.98. The van der Waals surface area contributed by atoms with Crippen molar-refractivity contribution in [2.24, 2.45) is 5.92 Å². The number of benzene rings is 2. The van der Waals surface area contributed by atoms with Gasteiger partial charge in [-0.1, -0.05) is 19.1 Å². The number of nitrogens with one attached hydrogen (secondary N) is 2. The van der Waals surface area contributed by atoms with Gasteiger partial charge >= 0.3 is 0 Å². The average molecular weight is 334 g/mol. The molecule has 1 fully saturated rings. The SMILES string of the molecule is CC1CCN(c2ccc(-c3n[nH]c4ccc(NC=O)cc34)cc2)CC1. The minimum absolute atomic E-state index is 0.690. The summed E-state index contributed by atoms with van der Waals surface area (Å²) in [4.78, 5) is 13.1. The Hall–Kier alpha value is -2.82. The Labute approximate surface area is 147 Å². The standard InChI is InChI=1S/C20H22N4O/c1-14-8-10-24(11-9-14)17-5-2-15(3-6-17)20-18-12-16(21-13-25)4-7-19(18)22-23-20/h2-7,12-14H,8-11H2,1H3,(H,21,25)(H,22,23). The number of amides is 1. The summed E-state index contributed by atoms with van der Waals surface area (Å²) in [5, 5.41) is 11.2. The van der Waals surface area contributed by atoms with Gasteiger partial charge in [0.2, 0.25) is 6.41 Å². The number of carbonyl (C=O) groups is 1. The van der Waals surface area contributed by atoms with E-state index in [-0.39, 0.29) is 0 Å². The predicted octanol–water partition coefficient (Wildman–Crippen LogP) is 4.03. The van der Waals surface area contributed by atoms with Gasteiger partial charge in [0.1, 0.15) is 0 Å². The molecule has 2 heterocycles. The third kappa shape index (κ3) is 3.09. The van der Waals surface area contributed by atoms with Crippen LogP contribution in [0.5, 0.6) is 0 Å². The molecular weight excluding hydrogens is 312 g/mol. The largest absolute Gasteiger partial charge is 0.372 e. The summed E-state index contributed by atoms with van der Waals surface area (Å²) in [5.74, 6) is 0.833. The maximum Gasteiger partial charge on any atom is 0.211 e. The zero-order valence-electron chi connectivity index (χ0n) is 14.3. The number of carbonyl (C=O) groups excluding carboxylic acids is 1. The molecule has 1 saturated heterocycles. The van der Waals surface area contributed by atoms with Crippen molar-refractivity contribution in [1.29, 1.82) is 0 Å². The highest BCUT2D eigenvalue weighted by atomic mass is 16.1. The molecule has 5 heteroatoms. The Bertz CT molecular complexity index is 876. The van der Waals surface area contributed by atoms with Crippen LogP contribution in [0.15, 0.2) is 42.5 Å². The second kappa shape index (κ2) is 6.59. The Morgan fingerprint density at radius 2 is 1.92 bits per heavy atom. The van der Waals surface area contributed by atoms with Crippen LogP contribution in [0, 0.1) is 5.92 Å². The van der Waals surface area contributed by atoms with Crippen LogP contribution in [-0.4, -0.2) is 29.7 Å². The van der Waals surface area contributed by atoms with Crippen molar-refractivity contribution in [3.05, 3.63) is 42.5 Å². The highest BCUT2D eigenvalue weighted by Crippen LogP contribution is 2.30. The van der Waals surface area contributed by atoms with Crippen LogP contribution in [0.3, 0.4) is 0 Å². The molecule has 1 amide bonds. The zero-order valence-corrected chi connectivity index (χ0v) is 14.3. The van der Waals surface area contributed by atoms with E-state index in [1.54, 1.807) is 0 Å². The molecule has 25 heavy (non-hydrogen) atoms. The molecule has 2 N–H and O–H groups in total. The highest BCUT2D eigenvalue weighted by Gasteiger charge is 2.16. The number of hydrogen-bond acceptors (Lipinski definition) is 3. The van der Waals surface area contributed by atoms with Crippen LogP contribution in [0.4, 0.5) is 11.4 Å². The summed E-state index contributed by atoms with van der Waals surface area (Å²) in [6.45, 7) is 4.59. The number of rotatable bonds is 4. The molecule has 4 rings (SSSR count). The van der Waals surface area contributed by atoms with Crippen molar-refractivity contribution in [2.75, 3.05) is 23.3 Å². The maximum absolute atomic E-state index is 10.7. The molecule has 1 aliphatic rings. The monoisotopic (exact) mass is 334 g/mol. The van der Waals surface area contributed by atoms with Crippen molar-refractivity contribution in [1.82, 2.24) is 10.2 Å².